The van der Waals surface area contributed by atoms with Gasteiger partial charge in [-0.3, -0.25) is 9.78 Å². The molecule has 0 amide bonds. The summed E-state index contributed by atoms with van der Waals surface area (Å²) in [6.07, 6.45) is 7.11. The minimum Gasteiger partial charge on any atom is -0.481 e. The van der Waals surface area contributed by atoms with E-state index in [2.05, 4.69) is 48.4 Å². The van der Waals surface area contributed by atoms with Gasteiger partial charge in [0.25, 0.3) is 0 Å². The van der Waals surface area contributed by atoms with E-state index in [0.717, 1.165) is 36.8 Å². The summed E-state index contributed by atoms with van der Waals surface area (Å²) in [5.74, 6) is -0.206. The third kappa shape index (κ3) is 7.63. The fourth-order valence-corrected chi connectivity index (χ4v) is 4.90. The molecule has 6 nitrogen and oxygen atoms in total. The standard InChI is InChI=1S/C27H38N2O4/c1-4-25(24-11-12-28-16-22(24)9-10-26(31)32)33-18-23(30)17-29-27(2,3)15-19-13-20-7-5-6-8-21(20)14-19/h5-8,11-12,16,19,23,25,29-30H,4,9-10,13-15,17-18H2,1-3H3,(H,31,32)/t23-,25?/m1/s1. The van der Waals surface area contributed by atoms with Crippen molar-refractivity contribution in [2.45, 2.75) is 77.0 Å². The third-order valence-corrected chi connectivity index (χ3v) is 6.51. The van der Waals surface area contributed by atoms with Crippen LogP contribution in [-0.4, -0.2) is 46.0 Å². The Bertz CT molecular complexity index is 889. The average molecular weight is 455 g/mol. The van der Waals surface area contributed by atoms with Gasteiger partial charge in [0.2, 0.25) is 0 Å². The number of nitrogens with zero attached hydrogens (tertiary/aromatic N) is 1. The number of aliphatic hydroxyl groups is 1. The smallest absolute Gasteiger partial charge is 0.303 e. The molecule has 1 aromatic carbocycles. The van der Waals surface area contributed by atoms with Crippen molar-refractivity contribution < 1.29 is 19.7 Å². The maximum Gasteiger partial charge on any atom is 0.303 e. The maximum atomic E-state index is 11.0. The summed E-state index contributed by atoms with van der Waals surface area (Å²) in [6.45, 7) is 7.11. The number of fused-ring (bicyclic) bond motifs is 1. The normalized spacial score (nSPS) is 15.9. The Morgan fingerprint density at radius 3 is 2.58 bits per heavy atom. The summed E-state index contributed by atoms with van der Waals surface area (Å²) in [7, 11) is 0. The van der Waals surface area contributed by atoms with Gasteiger partial charge in [-0.25, -0.2) is 0 Å². The van der Waals surface area contributed by atoms with E-state index in [0.29, 0.717) is 18.9 Å². The molecule has 6 heteroatoms. The van der Waals surface area contributed by atoms with Gasteiger partial charge < -0.3 is 20.3 Å². The van der Waals surface area contributed by atoms with Gasteiger partial charge in [-0.05, 0) is 80.2 Å². The Hall–Kier alpha value is -2.28. The van der Waals surface area contributed by atoms with E-state index in [1.165, 1.54) is 11.1 Å². The second-order valence-electron chi connectivity index (χ2n) is 9.86. The molecule has 0 aliphatic heterocycles. The van der Waals surface area contributed by atoms with Gasteiger partial charge >= 0.3 is 5.97 Å². The molecule has 3 N–H and O–H groups in total. The number of carbonyl (C=O) groups is 1. The summed E-state index contributed by atoms with van der Waals surface area (Å²) < 4.78 is 6.06. The first kappa shape index (κ1) is 25.3. The number of hydrogen-bond acceptors (Lipinski definition) is 5. The maximum absolute atomic E-state index is 11.0. The molecule has 1 aliphatic carbocycles. The largest absolute Gasteiger partial charge is 0.481 e. The lowest BCUT2D eigenvalue weighted by atomic mass is 9.88. The number of pyridine rings is 1. The number of nitrogens with one attached hydrogen (secondary N) is 1. The minimum atomic E-state index is -0.829. The topological polar surface area (TPSA) is 91.7 Å². The van der Waals surface area contributed by atoms with Gasteiger partial charge in [-0.2, -0.15) is 0 Å². The Morgan fingerprint density at radius 1 is 1.24 bits per heavy atom. The van der Waals surface area contributed by atoms with Crippen LogP contribution in [0.5, 0.6) is 0 Å². The Labute approximate surface area is 197 Å². The van der Waals surface area contributed by atoms with E-state index < -0.39 is 12.1 Å². The zero-order valence-electron chi connectivity index (χ0n) is 20.1. The summed E-state index contributed by atoms with van der Waals surface area (Å²) in [5, 5.41) is 23.1. The second-order valence-corrected chi connectivity index (χ2v) is 9.86. The fourth-order valence-electron chi connectivity index (χ4n) is 4.90. The van der Waals surface area contributed by atoms with Crippen LogP contribution in [0.4, 0.5) is 0 Å². The fraction of sp³-hybridized carbons (Fsp3) is 0.556. The highest BCUT2D eigenvalue weighted by molar-refractivity contribution is 5.67. The first-order valence-corrected chi connectivity index (χ1v) is 12.0. The van der Waals surface area contributed by atoms with Crippen LogP contribution in [-0.2, 0) is 28.8 Å². The lowest BCUT2D eigenvalue weighted by Crippen LogP contribution is -2.45. The van der Waals surface area contributed by atoms with E-state index in [4.69, 9.17) is 9.84 Å². The van der Waals surface area contributed by atoms with Crippen molar-refractivity contribution in [1.82, 2.24) is 10.3 Å². The predicted octanol–water partition coefficient (Wildman–Crippen LogP) is 4.10. The minimum absolute atomic E-state index is 0.0584. The summed E-state index contributed by atoms with van der Waals surface area (Å²) in [4.78, 5) is 15.1. The molecule has 1 heterocycles. The molecule has 0 spiro atoms. The molecule has 2 atom stereocenters. The summed E-state index contributed by atoms with van der Waals surface area (Å²) in [6, 6.07) is 10.6. The second kappa shape index (κ2) is 11.7. The van der Waals surface area contributed by atoms with E-state index >= 15 is 0 Å². The number of β-amino-alcohol motifs (C(OH)–C–C–N with tert-alkyl or cyclic N) is 1. The first-order chi connectivity index (χ1) is 15.8. The molecule has 3 rings (SSSR count). The van der Waals surface area contributed by atoms with Crippen LogP contribution in [0.1, 0.15) is 68.4 Å². The Kier molecular flexibility index (Phi) is 9.01. The molecule has 0 saturated heterocycles. The Balaban J connectivity index is 1.46. The molecule has 1 aromatic heterocycles. The van der Waals surface area contributed by atoms with E-state index in [1.807, 2.05) is 13.0 Å². The Morgan fingerprint density at radius 2 is 1.94 bits per heavy atom. The number of aliphatic hydroxyl groups excluding tert-OH is 1. The van der Waals surface area contributed by atoms with Gasteiger partial charge in [-0.15, -0.1) is 0 Å². The van der Waals surface area contributed by atoms with Crippen molar-refractivity contribution in [2.24, 2.45) is 5.92 Å². The number of aryl methyl sites for hydroxylation is 1. The predicted molar refractivity (Wildman–Crippen MR) is 129 cm³/mol. The van der Waals surface area contributed by atoms with E-state index in [-0.39, 0.29) is 24.7 Å². The first-order valence-electron chi connectivity index (χ1n) is 12.0. The van der Waals surface area contributed by atoms with Crippen molar-refractivity contribution >= 4 is 5.97 Å². The monoisotopic (exact) mass is 454 g/mol. The van der Waals surface area contributed by atoms with E-state index in [9.17, 15) is 9.90 Å². The summed E-state index contributed by atoms with van der Waals surface area (Å²) >= 11 is 0. The number of benzene rings is 1. The molecule has 0 fully saturated rings. The molecule has 33 heavy (non-hydrogen) atoms. The molecule has 2 aromatic rings. The van der Waals surface area contributed by atoms with Crippen molar-refractivity contribution in [1.29, 1.82) is 0 Å². The number of rotatable bonds is 13. The molecule has 1 aliphatic rings. The number of carboxylic acids is 1. The molecule has 0 radical (unpaired) electrons. The molecule has 1 unspecified atom stereocenters. The van der Waals surface area contributed by atoms with Crippen LogP contribution >= 0.6 is 0 Å². The van der Waals surface area contributed by atoms with Gasteiger partial charge in [0.15, 0.2) is 0 Å². The van der Waals surface area contributed by atoms with Gasteiger partial charge in [0.1, 0.15) is 0 Å². The number of ether oxygens (including phenoxy) is 1. The van der Waals surface area contributed by atoms with Crippen LogP contribution in [0.3, 0.4) is 0 Å². The van der Waals surface area contributed by atoms with Crippen LogP contribution in [0, 0.1) is 5.92 Å². The lowest BCUT2D eigenvalue weighted by molar-refractivity contribution is -0.136. The van der Waals surface area contributed by atoms with Gasteiger partial charge in [0, 0.05) is 30.9 Å². The van der Waals surface area contributed by atoms with Crippen LogP contribution < -0.4 is 5.32 Å². The lowest BCUT2D eigenvalue weighted by Gasteiger charge is -2.31. The van der Waals surface area contributed by atoms with Gasteiger partial charge in [0.05, 0.1) is 18.8 Å². The zero-order chi connectivity index (χ0) is 23.8. The molecule has 0 saturated carbocycles. The van der Waals surface area contributed by atoms with Crippen LogP contribution in [0.25, 0.3) is 0 Å². The number of aromatic nitrogens is 1. The SMILES string of the molecule is CCC(OC[C@H](O)CNC(C)(C)CC1Cc2ccccc2C1)c1ccncc1CCC(=O)O. The molecular formula is C27H38N2O4. The van der Waals surface area contributed by atoms with Crippen molar-refractivity contribution in [2.75, 3.05) is 13.2 Å². The van der Waals surface area contributed by atoms with Crippen molar-refractivity contribution in [3.8, 4) is 0 Å². The molecule has 180 valence electrons. The zero-order valence-corrected chi connectivity index (χ0v) is 20.1. The number of carboxylic acid groups (broad SMARTS) is 1. The van der Waals surface area contributed by atoms with Crippen LogP contribution in [0.15, 0.2) is 42.7 Å². The summed E-state index contributed by atoms with van der Waals surface area (Å²) in [5.41, 5.74) is 4.70. The van der Waals surface area contributed by atoms with E-state index in [1.54, 1.807) is 12.4 Å². The highest BCUT2D eigenvalue weighted by Gasteiger charge is 2.28. The quantitative estimate of drug-likeness (QED) is 0.422. The highest BCUT2D eigenvalue weighted by Crippen LogP contribution is 2.32. The van der Waals surface area contributed by atoms with Gasteiger partial charge in [-0.1, -0.05) is 31.2 Å². The third-order valence-electron chi connectivity index (χ3n) is 6.51. The van der Waals surface area contributed by atoms with Crippen molar-refractivity contribution in [3.05, 3.63) is 65.0 Å². The average Bonchev–Trinajstić information content (AvgIpc) is 3.19. The molecular weight excluding hydrogens is 416 g/mol. The highest BCUT2D eigenvalue weighted by atomic mass is 16.5. The number of hydrogen-bond donors (Lipinski definition) is 3. The van der Waals surface area contributed by atoms with Crippen molar-refractivity contribution in [3.63, 3.8) is 0 Å². The molecule has 0 bridgehead atoms. The van der Waals surface area contributed by atoms with Crippen LogP contribution in [0.2, 0.25) is 0 Å². The number of aliphatic carboxylic acids is 1.